The summed E-state index contributed by atoms with van der Waals surface area (Å²) in [5.74, 6) is -7.69. The van der Waals surface area contributed by atoms with Gasteiger partial charge >= 0.3 is 17.6 Å². The number of carboxylic acid groups (broad SMARTS) is 1. The molecule has 0 saturated carbocycles. The molecule has 0 aromatic carbocycles. The minimum Gasteiger partial charge on any atom is -0.477 e. The van der Waals surface area contributed by atoms with Crippen LogP contribution in [0.15, 0.2) is 15.7 Å². The summed E-state index contributed by atoms with van der Waals surface area (Å²) in [5, 5.41) is 145. The Hall–Kier alpha value is -4.24. The molecular formula is C44H70N4O28. The fourth-order valence-electron chi connectivity index (χ4n) is 9.14. The van der Waals surface area contributed by atoms with E-state index in [-0.39, 0.29) is 19.0 Å². The molecule has 32 nitrogen and oxygen atoms in total. The smallest absolute Gasteiger partial charge is 0.364 e. The van der Waals surface area contributed by atoms with Gasteiger partial charge in [-0.25, -0.2) is 9.59 Å². The number of unbranched alkanes of at least 4 members (excludes halogenated alkanes) is 5. The number of ether oxygens (including phenoxy) is 9. The number of aliphatic hydroxyl groups excluding tert-OH is 12. The number of H-pyrrole nitrogens is 2. The van der Waals surface area contributed by atoms with Gasteiger partial charge in [0.25, 0.3) is 17.3 Å². The van der Waals surface area contributed by atoms with Crippen LogP contribution >= 0.6 is 0 Å². The molecule has 4 fully saturated rings. The van der Waals surface area contributed by atoms with E-state index in [9.17, 15) is 95.2 Å². The van der Waals surface area contributed by atoms with Crippen molar-refractivity contribution in [3.63, 3.8) is 0 Å². The minimum absolute atomic E-state index is 0.137. The Labute approximate surface area is 431 Å². The molecule has 5 heterocycles. The highest BCUT2D eigenvalue weighted by molar-refractivity contribution is 5.92. The lowest BCUT2D eigenvalue weighted by molar-refractivity contribution is -0.391. The molecule has 0 bridgehead atoms. The molecule has 0 aliphatic carbocycles. The SMILES string of the molecule is COC(=O)CCCCCCCCO[C@@H]1OC(CO)[C@@H](OC2OC(CO)[C@H](O)C(O[C@]3(C(=O)O)CC(O)[C@@H](NC(C)=O)C(C(O)C(O)CO)O3)C2O)C(O[C@@H]2OC(CO)[C@@H](O)C(O)C2O)C1NC(=O)c1cc(=O)[nH]c(=O)[nH]1. The Balaban J connectivity index is 1.53. The van der Waals surface area contributed by atoms with E-state index in [1.54, 1.807) is 0 Å². The van der Waals surface area contributed by atoms with Crippen LogP contribution in [0.2, 0.25) is 0 Å². The average molecular weight is 1100 g/mol. The Morgan fingerprint density at radius 3 is 1.91 bits per heavy atom. The Kier molecular flexibility index (Phi) is 23.5. The Morgan fingerprint density at radius 1 is 0.724 bits per heavy atom. The maximum absolute atomic E-state index is 14.0. The standard InChI is InChI=1S/C44H70N4O28/c1-17(53)45-26-19(54)12-44(42(65)66,75-35(26)28(58)20(55)13-49)76-37-30(60)22(15-51)71-41(33(37)63)73-34-23(16-52)72-39(69-10-8-6-4-3-5-7-9-25(57)68-2)27(48-38(64)18-11-24(56)47-43(67)46-18)36(34)74-40-32(62)31(61)29(59)21(14-50)70-40/h11,19-23,26-37,39-41,49-52,54-55,58-63H,3-10,12-16H2,1-2H3,(H,45,53)(H,48,64)(H,65,66)(H2,46,47,56,67)/t19?,20?,21?,22?,23?,26-,27?,28?,29-,30+,31?,32?,33?,34-,35?,36?,37?,39-,40+,41?,44+/m1/s1. The summed E-state index contributed by atoms with van der Waals surface area (Å²) < 4.78 is 52.1. The number of methoxy groups -OCH3 is 1. The molecule has 1 aromatic rings. The van der Waals surface area contributed by atoms with Crippen molar-refractivity contribution in [1.82, 2.24) is 20.6 Å². The topological polar surface area (TPSA) is 504 Å². The third-order valence-corrected chi connectivity index (χ3v) is 13.2. The molecule has 4 aliphatic rings. The van der Waals surface area contributed by atoms with E-state index in [1.165, 1.54) is 7.11 Å². The Bertz CT molecular complexity index is 2120. The van der Waals surface area contributed by atoms with Crippen molar-refractivity contribution in [3.05, 3.63) is 32.6 Å². The average Bonchev–Trinajstić information content (AvgIpc) is 3.38. The van der Waals surface area contributed by atoms with Crippen LogP contribution in [0.25, 0.3) is 0 Å². The lowest BCUT2D eigenvalue weighted by atomic mass is 9.88. The first kappa shape index (κ1) is 62.6. The molecule has 14 unspecified atom stereocenters. The summed E-state index contributed by atoms with van der Waals surface area (Å²) in [5.41, 5.74) is -2.79. The number of nitrogens with one attached hydrogen (secondary N) is 4. The highest BCUT2D eigenvalue weighted by Gasteiger charge is 2.61. The van der Waals surface area contributed by atoms with E-state index in [0.29, 0.717) is 38.2 Å². The first-order chi connectivity index (χ1) is 36.0. The van der Waals surface area contributed by atoms with Crippen LogP contribution in [-0.2, 0) is 57.0 Å². The summed E-state index contributed by atoms with van der Waals surface area (Å²) in [6.45, 7) is -3.44. The summed E-state index contributed by atoms with van der Waals surface area (Å²) in [7, 11) is 1.28. The van der Waals surface area contributed by atoms with Crippen molar-refractivity contribution in [2.24, 2.45) is 0 Å². The molecule has 4 aliphatic heterocycles. The van der Waals surface area contributed by atoms with E-state index < -0.39 is 196 Å². The van der Waals surface area contributed by atoms with Gasteiger partial charge in [-0.2, -0.15) is 0 Å². The number of amides is 2. The zero-order chi connectivity index (χ0) is 56.2. The number of hydrogen-bond acceptors (Lipinski definition) is 27. The largest absolute Gasteiger partial charge is 0.477 e. The van der Waals surface area contributed by atoms with Crippen LogP contribution in [-0.4, -0.2) is 269 Å². The molecule has 17 N–H and O–H groups in total. The Morgan fingerprint density at radius 2 is 1.32 bits per heavy atom. The first-order valence-corrected chi connectivity index (χ1v) is 24.4. The highest BCUT2D eigenvalue weighted by atomic mass is 16.8. The molecule has 32 heteroatoms. The van der Waals surface area contributed by atoms with Gasteiger partial charge in [-0.3, -0.25) is 24.2 Å². The number of aliphatic hydroxyl groups is 12. The zero-order valence-corrected chi connectivity index (χ0v) is 41.3. The van der Waals surface area contributed by atoms with Gasteiger partial charge in [0, 0.05) is 32.4 Å². The van der Waals surface area contributed by atoms with Gasteiger partial charge in [0.2, 0.25) is 5.91 Å². The lowest BCUT2D eigenvalue weighted by Gasteiger charge is -2.51. The number of aromatic nitrogens is 2. The van der Waals surface area contributed by atoms with Gasteiger partial charge < -0.3 is 125 Å². The second-order valence-corrected chi connectivity index (χ2v) is 18.6. The lowest BCUT2D eigenvalue weighted by Crippen LogP contribution is -2.71. The summed E-state index contributed by atoms with van der Waals surface area (Å²) >= 11 is 0. The number of hydrogen-bond donors (Lipinski definition) is 17. The number of carbonyl (C=O) groups excluding carboxylic acids is 3. The van der Waals surface area contributed by atoms with Crippen molar-refractivity contribution in [3.8, 4) is 0 Å². The van der Waals surface area contributed by atoms with Gasteiger partial charge in [0.05, 0.1) is 45.7 Å². The maximum Gasteiger partial charge on any atom is 0.364 e. The van der Waals surface area contributed by atoms with Crippen LogP contribution in [0.3, 0.4) is 0 Å². The predicted octanol–water partition coefficient (Wildman–Crippen LogP) is -8.66. The molecular weight excluding hydrogens is 1030 g/mol. The molecule has 2 amide bonds. The molecule has 1 aromatic heterocycles. The molecule has 76 heavy (non-hydrogen) atoms. The van der Waals surface area contributed by atoms with Crippen molar-refractivity contribution in [1.29, 1.82) is 0 Å². The number of aromatic amines is 2. The van der Waals surface area contributed by atoms with E-state index in [2.05, 4.69) is 20.4 Å². The highest BCUT2D eigenvalue weighted by Crippen LogP contribution is 2.39. The van der Waals surface area contributed by atoms with Crippen LogP contribution in [0.1, 0.15) is 68.8 Å². The predicted molar refractivity (Wildman–Crippen MR) is 244 cm³/mol. The number of carboxylic acids is 1. The summed E-state index contributed by atoms with van der Waals surface area (Å²) in [6.07, 6.45) is -34.3. The number of carbonyl (C=O) groups is 4. The van der Waals surface area contributed by atoms with E-state index in [1.807, 2.05) is 4.98 Å². The molecule has 0 radical (unpaired) electrons. The third kappa shape index (κ3) is 15.3. The normalized spacial score (nSPS) is 36.7. The number of rotatable bonds is 26. The van der Waals surface area contributed by atoms with Crippen molar-refractivity contribution < 1.29 is 128 Å². The molecule has 5 rings (SSSR count). The summed E-state index contributed by atoms with van der Waals surface area (Å²) in [6, 6.07) is -2.79. The molecule has 21 atom stereocenters. The van der Waals surface area contributed by atoms with Crippen molar-refractivity contribution in [2.75, 3.05) is 40.1 Å². The molecule has 434 valence electrons. The van der Waals surface area contributed by atoms with Crippen molar-refractivity contribution in [2.45, 2.75) is 187 Å². The van der Waals surface area contributed by atoms with Crippen molar-refractivity contribution >= 4 is 23.8 Å². The molecule has 0 spiro atoms. The summed E-state index contributed by atoms with van der Waals surface area (Å²) in [4.78, 5) is 79.4. The van der Waals surface area contributed by atoms with E-state index in [4.69, 9.17) is 37.9 Å². The van der Waals surface area contributed by atoms with Crippen LogP contribution in [0, 0.1) is 0 Å². The zero-order valence-electron chi connectivity index (χ0n) is 41.3. The third-order valence-electron chi connectivity index (χ3n) is 13.2. The van der Waals surface area contributed by atoms with Crippen LogP contribution < -0.4 is 21.9 Å². The van der Waals surface area contributed by atoms with Gasteiger partial charge in [0.15, 0.2) is 18.9 Å². The minimum atomic E-state index is -3.22. The fourth-order valence-corrected chi connectivity index (χ4v) is 9.14. The van der Waals surface area contributed by atoms with Gasteiger partial charge in [-0.05, 0) is 12.8 Å². The quantitative estimate of drug-likeness (QED) is 0.0303. The monoisotopic (exact) mass is 1100 g/mol. The molecule has 4 saturated heterocycles. The number of aliphatic carboxylic acids is 1. The first-order valence-electron chi connectivity index (χ1n) is 24.4. The second kappa shape index (κ2) is 28.6. The van der Waals surface area contributed by atoms with Gasteiger partial charge in [0.1, 0.15) is 97.2 Å². The van der Waals surface area contributed by atoms with Gasteiger partial charge in [-0.15, -0.1) is 0 Å². The van der Waals surface area contributed by atoms with Crippen LogP contribution in [0.5, 0.6) is 0 Å². The van der Waals surface area contributed by atoms with Gasteiger partial charge in [-0.1, -0.05) is 25.7 Å². The number of esters is 1. The second-order valence-electron chi connectivity index (χ2n) is 18.6. The van der Waals surface area contributed by atoms with E-state index in [0.717, 1.165) is 13.3 Å². The van der Waals surface area contributed by atoms with Crippen LogP contribution in [0.4, 0.5) is 0 Å². The maximum atomic E-state index is 14.0. The fraction of sp³-hybridized carbons (Fsp3) is 0.818. The van der Waals surface area contributed by atoms with E-state index >= 15 is 0 Å².